The van der Waals surface area contributed by atoms with E-state index in [9.17, 15) is 4.39 Å². The maximum absolute atomic E-state index is 13.3. The van der Waals surface area contributed by atoms with E-state index < -0.39 is 0 Å². The van der Waals surface area contributed by atoms with Gasteiger partial charge in [-0.1, -0.05) is 13.8 Å². The van der Waals surface area contributed by atoms with Crippen molar-refractivity contribution in [2.45, 2.75) is 65.5 Å². The van der Waals surface area contributed by atoms with Gasteiger partial charge in [-0.15, -0.1) is 0 Å². The van der Waals surface area contributed by atoms with Gasteiger partial charge in [0.15, 0.2) is 0 Å². The van der Waals surface area contributed by atoms with Crippen molar-refractivity contribution in [1.29, 1.82) is 0 Å². The lowest BCUT2D eigenvalue weighted by molar-refractivity contribution is 0.00328. The van der Waals surface area contributed by atoms with Gasteiger partial charge in [-0.05, 0) is 52.2 Å². The fourth-order valence-corrected chi connectivity index (χ4v) is 2.89. The monoisotopic (exact) mass is 257 g/mol. The van der Waals surface area contributed by atoms with Crippen LogP contribution in [-0.4, -0.2) is 36.2 Å². The number of rotatable bonds is 3. The van der Waals surface area contributed by atoms with E-state index in [0.717, 1.165) is 38.1 Å². The molecule has 0 bridgehead atoms. The molecule has 0 amide bonds. The fraction of sp³-hybridized carbons (Fsp3) is 0.867. The van der Waals surface area contributed by atoms with E-state index in [-0.39, 0.29) is 17.5 Å². The van der Waals surface area contributed by atoms with Crippen molar-refractivity contribution in [3.63, 3.8) is 0 Å². The molecule has 2 aliphatic rings. The zero-order valence-corrected chi connectivity index (χ0v) is 12.6. The highest BCUT2D eigenvalue weighted by Crippen LogP contribution is 2.42. The summed E-state index contributed by atoms with van der Waals surface area (Å²) in [6.07, 6.45) is 3.50. The van der Waals surface area contributed by atoms with Gasteiger partial charge in [-0.2, -0.15) is 0 Å². The molecule has 106 valence electrons. The molecule has 2 aliphatic heterocycles. The Hall–Kier alpha value is -0.410. The van der Waals surface area contributed by atoms with Crippen LogP contribution in [0, 0.1) is 0 Å². The van der Waals surface area contributed by atoms with Crippen LogP contribution < -0.4 is 0 Å². The van der Waals surface area contributed by atoms with Gasteiger partial charge in [0.25, 0.3) is 0 Å². The quantitative estimate of drug-likeness (QED) is 0.760. The molecule has 0 aromatic heterocycles. The highest BCUT2D eigenvalue weighted by Gasteiger charge is 2.47. The minimum absolute atomic E-state index is 0.0123. The number of hydrogen-bond donors (Lipinski definition) is 0. The molecule has 18 heavy (non-hydrogen) atoms. The molecule has 0 N–H and O–H groups in total. The number of ether oxygens (including phenoxy) is 1. The third-order valence-electron chi connectivity index (χ3n) is 3.84. The summed E-state index contributed by atoms with van der Waals surface area (Å²) < 4.78 is 19.1. The largest absolute Gasteiger partial charge is 0.377 e. The van der Waals surface area contributed by atoms with E-state index in [0.29, 0.717) is 0 Å². The first-order valence-corrected chi connectivity index (χ1v) is 7.24. The third-order valence-corrected chi connectivity index (χ3v) is 3.84. The highest BCUT2D eigenvalue weighted by atomic mass is 19.1. The molecule has 0 spiro atoms. The van der Waals surface area contributed by atoms with E-state index in [1.54, 1.807) is 6.92 Å². The van der Waals surface area contributed by atoms with Crippen molar-refractivity contribution in [2.75, 3.05) is 19.7 Å². The van der Waals surface area contributed by atoms with Gasteiger partial charge >= 0.3 is 0 Å². The average Bonchev–Trinajstić information content (AvgIpc) is 2.85. The second-order valence-electron chi connectivity index (χ2n) is 5.42. The van der Waals surface area contributed by atoms with Crippen LogP contribution in [0.2, 0.25) is 0 Å². The van der Waals surface area contributed by atoms with Crippen LogP contribution in [0.15, 0.2) is 11.4 Å². The molecule has 0 unspecified atom stereocenters. The Morgan fingerprint density at radius 2 is 2.11 bits per heavy atom. The smallest absolute Gasteiger partial charge is 0.0974 e. The molecule has 0 aromatic carbocycles. The summed E-state index contributed by atoms with van der Waals surface area (Å²) in [6, 6.07) is 0. The molecule has 3 heteroatoms. The van der Waals surface area contributed by atoms with Gasteiger partial charge in [-0.25, -0.2) is 4.39 Å². The average molecular weight is 257 g/mol. The number of allylic oxidation sites excluding steroid dienone is 1. The second kappa shape index (κ2) is 6.67. The van der Waals surface area contributed by atoms with Crippen molar-refractivity contribution < 1.29 is 9.13 Å². The molecule has 2 saturated heterocycles. The van der Waals surface area contributed by atoms with Gasteiger partial charge in [0.1, 0.15) is 0 Å². The normalized spacial score (nSPS) is 30.2. The first kappa shape index (κ1) is 15.6. The van der Waals surface area contributed by atoms with Crippen molar-refractivity contribution in [3.8, 4) is 0 Å². The molecule has 0 saturated carbocycles. The van der Waals surface area contributed by atoms with E-state index in [1.165, 1.54) is 6.42 Å². The number of halogens is 1. The molecule has 2 nitrogen and oxygen atoms in total. The number of hydrogen-bond acceptors (Lipinski definition) is 2. The topological polar surface area (TPSA) is 12.5 Å². The number of fused-ring (bicyclic) bond motifs is 1. The summed E-state index contributed by atoms with van der Waals surface area (Å²) >= 11 is 0. The predicted molar refractivity (Wildman–Crippen MR) is 74.4 cm³/mol. The Morgan fingerprint density at radius 3 is 2.67 bits per heavy atom. The zero-order chi connectivity index (χ0) is 13.8. The van der Waals surface area contributed by atoms with Gasteiger partial charge in [0.2, 0.25) is 0 Å². The van der Waals surface area contributed by atoms with Crippen LogP contribution in [0.3, 0.4) is 0 Å². The van der Waals surface area contributed by atoms with E-state index in [4.69, 9.17) is 4.74 Å². The van der Waals surface area contributed by atoms with Gasteiger partial charge in [0.05, 0.1) is 18.5 Å². The third kappa shape index (κ3) is 3.33. The van der Waals surface area contributed by atoms with Gasteiger partial charge in [0, 0.05) is 12.1 Å². The van der Waals surface area contributed by atoms with E-state index >= 15 is 0 Å². The van der Waals surface area contributed by atoms with Gasteiger partial charge in [-0.3, -0.25) is 4.90 Å². The summed E-state index contributed by atoms with van der Waals surface area (Å²) in [5.41, 5.74) is 1.08. The molecule has 0 aromatic rings. The second-order valence-corrected chi connectivity index (χ2v) is 5.42. The van der Waals surface area contributed by atoms with Crippen molar-refractivity contribution in [1.82, 2.24) is 4.90 Å². The summed E-state index contributed by atoms with van der Waals surface area (Å²) in [5, 5.41) is 0. The Labute approximate surface area is 111 Å². The molecule has 2 fully saturated rings. The summed E-state index contributed by atoms with van der Waals surface area (Å²) in [4.78, 5) is 2.41. The first-order valence-electron chi connectivity index (χ1n) is 7.24. The molecule has 0 radical (unpaired) electrons. The Morgan fingerprint density at radius 1 is 1.44 bits per heavy atom. The standard InChI is InChI=1S/C13H22FNO.C2H6/c1-10(2)16-9-13-5-4-6-15(13)8-12(7-13)11(3)14;1-2/h10H,4-9H2,1-3H3;1-2H3/b12-11+;/t13-;/m0./s1. The summed E-state index contributed by atoms with van der Waals surface area (Å²) in [6.45, 7) is 12.3. The SMILES string of the molecule is C/C(F)=C1\CN2CCC[C@@]2(COC(C)C)C1.CC. The molecule has 1 atom stereocenters. The van der Waals surface area contributed by atoms with Gasteiger partial charge < -0.3 is 4.74 Å². The van der Waals surface area contributed by atoms with Crippen molar-refractivity contribution in [3.05, 3.63) is 11.4 Å². The highest BCUT2D eigenvalue weighted by molar-refractivity contribution is 5.22. The Balaban J connectivity index is 0.000000771. The summed E-state index contributed by atoms with van der Waals surface area (Å²) in [7, 11) is 0. The number of nitrogens with zero attached hydrogens (tertiary/aromatic N) is 1. The van der Waals surface area contributed by atoms with Crippen molar-refractivity contribution in [2.24, 2.45) is 0 Å². The molecule has 0 aliphatic carbocycles. The Bertz CT molecular complexity index is 297. The van der Waals surface area contributed by atoms with Crippen LogP contribution in [0.25, 0.3) is 0 Å². The van der Waals surface area contributed by atoms with Crippen LogP contribution in [0.5, 0.6) is 0 Å². The molecule has 2 heterocycles. The van der Waals surface area contributed by atoms with Crippen LogP contribution in [0.1, 0.15) is 53.9 Å². The van der Waals surface area contributed by atoms with Crippen LogP contribution >= 0.6 is 0 Å². The first-order chi connectivity index (χ1) is 8.53. The Kier molecular flexibility index (Phi) is 5.80. The van der Waals surface area contributed by atoms with Crippen molar-refractivity contribution >= 4 is 0 Å². The zero-order valence-electron chi connectivity index (χ0n) is 12.6. The lowest BCUT2D eigenvalue weighted by Gasteiger charge is -2.32. The minimum Gasteiger partial charge on any atom is -0.377 e. The van der Waals surface area contributed by atoms with Crippen LogP contribution in [-0.2, 0) is 4.74 Å². The molecular weight excluding hydrogens is 229 g/mol. The maximum atomic E-state index is 13.3. The fourth-order valence-electron chi connectivity index (χ4n) is 2.89. The molecule has 2 rings (SSSR count). The van der Waals surface area contributed by atoms with Crippen LogP contribution in [0.4, 0.5) is 4.39 Å². The van der Waals surface area contributed by atoms with E-state index in [2.05, 4.69) is 18.7 Å². The lowest BCUT2D eigenvalue weighted by Crippen LogP contribution is -2.43. The van der Waals surface area contributed by atoms with E-state index in [1.807, 2.05) is 13.8 Å². The molecular formula is C15H28FNO. The summed E-state index contributed by atoms with van der Waals surface area (Å²) in [5.74, 6) is 0.0123. The lowest BCUT2D eigenvalue weighted by atomic mass is 9.93. The predicted octanol–water partition coefficient (Wildman–Crippen LogP) is 3.92. The maximum Gasteiger partial charge on any atom is 0.0974 e. The minimum atomic E-state index is 0.0123.